The van der Waals surface area contributed by atoms with E-state index >= 15 is 0 Å². The molecule has 2 amide bonds. The summed E-state index contributed by atoms with van der Waals surface area (Å²) in [4.78, 5) is 27.9. The van der Waals surface area contributed by atoms with Gasteiger partial charge in [0, 0.05) is 11.6 Å². The van der Waals surface area contributed by atoms with Crippen molar-refractivity contribution in [2.24, 2.45) is 5.73 Å². The smallest absolute Gasteiger partial charge is 0.292 e. The molecular formula is C21H15N3O3. The first-order valence-corrected chi connectivity index (χ1v) is 8.26. The summed E-state index contributed by atoms with van der Waals surface area (Å²) in [5.41, 5.74) is 6.97. The van der Waals surface area contributed by atoms with Gasteiger partial charge in [0.1, 0.15) is 12.1 Å². The molecule has 0 aliphatic rings. The molecule has 0 aliphatic heterocycles. The maximum Gasteiger partial charge on any atom is 0.292 e. The fourth-order valence-electron chi connectivity index (χ4n) is 2.78. The van der Waals surface area contributed by atoms with E-state index in [1.54, 1.807) is 6.07 Å². The number of amides is 2. The van der Waals surface area contributed by atoms with Crippen LogP contribution >= 0.6 is 0 Å². The lowest BCUT2D eigenvalue weighted by Crippen LogP contribution is -2.13. The number of rotatable bonds is 4. The predicted molar refractivity (Wildman–Crippen MR) is 102 cm³/mol. The minimum absolute atomic E-state index is 0.0123. The van der Waals surface area contributed by atoms with Crippen LogP contribution in [0.1, 0.15) is 20.9 Å². The first kappa shape index (κ1) is 16.5. The maximum atomic E-state index is 12.3. The van der Waals surface area contributed by atoms with Gasteiger partial charge in [-0.25, -0.2) is 4.98 Å². The highest BCUT2D eigenvalue weighted by Crippen LogP contribution is 2.24. The van der Waals surface area contributed by atoms with E-state index in [0.717, 1.165) is 28.3 Å². The largest absolute Gasteiger partial charge is 0.458 e. The lowest BCUT2D eigenvalue weighted by atomic mass is 10.0. The monoisotopic (exact) mass is 357 g/mol. The van der Waals surface area contributed by atoms with E-state index in [0.29, 0.717) is 5.82 Å². The maximum absolute atomic E-state index is 12.3. The number of nitrogens with zero attached hydrogens (tertiary/aromatic N) is 1. The molecule has 0 aliphatic carbocycles. The van der Waals surface area contributed by atoms with Crippen molar-refractivity contribution in [3.63, 3.8) is 0 Å². The molecule has 4 rings (SSSR count). The van der Waals surface area contributed by atoms with Crippen LogP contribution in [0.15, 0.2) is 77.4 Å². The Morgan fingerprint density at radius 1 is 0.926 bits per heavy atom. The molecule has 0 radical (unpaired) electrons. The van der Waals surface area contributed by atoms with Crippen molar-refractivity contribution in [1.82, 2.24) is 4.98 Å². The standard InChI is InChI=1S/C21H15N3O3/c22-20(25)16-11-18(27-12-16)21(26)24-19-7-3-6-17(23-19)15-9-8-13-4-1-2-5-14(13)10-15/h1-12H,(H2,22,25)(H,23,24,26). The molecule has 3 N–H and O–H groups in total. The molecule has 0 saturated heterocycles. The summed E-state index contributed by atoms with van der Waals surface area (Å²) in [6.45, 7) is 0. The quantitative estimate of drug-likeness (QED) is 0.579. The molecule has 2 aromatic heterocycles. The summed E-state index contributed by atoms with van der Waals surface area (Å²) in [7, 11) is 0. The highest BCUT2D eigenvalue weighted by Gasteiger charge is 2.14. The zero-order valence-electron chi connectivity index (χ0n) is 14.2. The average Bonchev–Trinajstić information content (AvgIpc) is 3.19. The number of hydrogen-bond acceptors (Lipinski definition) is 4. The number of carbonyl (C=O) groups excluding carboxylic acids is 2. The molecule has 0 spiro atoms. The SMILES string of the molecule is NC(=O)c1coc(C(=O)Nc2cccc(-c3ccc4ccccc4c3)n2)c1. The van der Waals surface area contributed by atoms with Gasteiger partial charge in [-0.3, -0.25) is 9.59 Å². The third-order valence-electron chi connectivity index (χ3n) is 4.14. The molecule has 0 saturated carbocycles. The summed E-state index contributed by atoms with van der Waals surface area (Å²) in [5, 5.41) is 4.92. The van der Waals surface area contributed by atoms with Crippen LogP contribution in [-0.4, -0.2) is 16.8 Å². The van der Waals surface area contributed by atoms with E-state index in [2.05, 4.69) is 16.4 Å². The number of anilines is 1. The zero-order chi connectivity index (χ0) is 18.8. The van der Waals surface area contributed by atoms with Crippen LogP contribution in [0.2, 0.25) is 0 Å². The Bertz CT molecular complexity index is 1160. The zero-order valence-corrected chi connectivity index (χ0v) is 14.2. The highest BCUT2D eigenvalue weighted by molar-refractivity contribution is 6.04. The van der Waals surface area contributed by atoms with Gasteiger partial charge in [0.15, 0.2) is 5.76 Å². The lowest BCUT2D eigenvalue weighted by Gasteiger charge is -2.07. The number of primary amides is 1. The Labute approximate surface area is 154 Å². The van der Waals surface area contributed by atoms with Gasteiger partial charge in [-0.2, -0.15) is 0 Å². The van der Waals surface area contributed by atoms with Gasteiger partial charge in [-0.05, 0) is 29.0 Å². The van der Waals surface area contributed by atoms with Crippen LogP contribution in [0.5, 0.6) is 0 Å². The van der Waals surface area contributed by atoms with Crippen molar-refractivity contribution in [2.75, 3.05) is 5.32 Å². The number of nitrogens with one attached hydrogen (secondary N) is 1. The van der Waals surface area contributed by atoms with Crippen LogP contribution in [0.4, 0.5) is 5.82 Å². The van der Waals surface area contributed by atoms with Gasteiger partial charge in [0.25, 0.3) is 11.8 Å². The van der Waals surface area contributed by atoms with Gasteiger partial charge in [-0.1, -0.05) is 42.5 Å². The molecule has 2 aromatic carbocycles. The minimum atomic E-state index is -0.658. The van der Waals surface area contributed by atoms with Crippen molar-refractivity contribution in [3.8, 4) is 11.3 Å². The number of carbonyl (C=O) groups is 2. The third-order valence-corrected chi connectivity index (χ3v) is 4.14. The fraction of sp³-hybridized carbons (Fsp3) is 0. The van der Waals surface area contributed by atoms with Crippen molar-refractivity contribution >= 4 is 28.4 Å². The number of benzene rings is 2. The summed E-state index contributed by atoms with van der Waals surface area (Å²) in [6.07, 6.45) is 1.15. The molecule has 0 bridgehead atoms. The molecule has 6 heteroatoms. The Morgan fingerprint density at radius 3 is 2.52 bits per heavy atom. The van der Waals surface area contributed by atoms with E-state index < -0.39 is 11.8 Å². The molecule has 0 atom stereocenters. The first-order valence-electron chi connectivity index (χ1n) is 8.26. The van der Waals surface area contributed by atoms with E-state index in [9.17, 15) is 9.59 Å². The van der Waals surface area contributed by atoms with Crippen molar-refractivity contribution in [1.29, 1.82) is 0 Å². The van der Waals surface area contributed by atoms with E-state index in [1.165, 1.54) is 6.07 Å². The lowest BCUT2D eigenvalue weighted by molar-refractivity contribution is 0.0989. The number of nitrogens with two attached hydrogens (primary N) is 1. The number of hydrogen-bond donors (Lipinski definition) is 2. The topological polar surface area (TPSA) is 98.2 Å². The van der Waals surface area contributed by atoms with Crippen LogP contribution in [-0.2, 0) is 0 Å². The van der Waals surface area contributed by atoms with Gasteiger partial charge in [-0.15, -0.1) is 0 Å². The summed E-state index contributed by atoms with van der Waals surface area (Å²) in [6, 6.07) is 20.8. The van der Waals surface area contributed by atoms with Crippen LogP contribution in [0.25, 0.3) is 22.0 Å². The number of pyridine rings is 1. The Morgan fingerprint density at radius 2 is 1.74 bits per heavy atom. The third kappa shape index (κ3) is 3.41. The molecule has 0 fully saturated rings. The molecule has 0 unspecified atom stereocenters. The van der Waals surface area contributed by atoms with Crippen LogP contribution in [0, 0.1) is 0 Å². The minimum Gasteiger partial charge on any atom is -0.458 e. The summed E-state index contributed by atoms with van der Waals surface area (Å²) < 4.78 is 5.08. The highest BCUT2D eigenvalue weighted by atomic mass is 16.3. The molecule has 132 valence electrons. The molecular weight excluding hydrogens is 342 g/mol. The van der Waals surface area contributed by atoms with Gasteiger partial charge in [0.05, 0.1) is 11.3 Å². The van der Waals surface area contributed by atoms with E-state index in [1.807, 2.05) is 48.5 Å². The first-order chi connectivity index (χ1) is 13.1. The Hall–Kier alpha value is -3.93. The molecule has 6 nitrogen and oxygen atoms in total. The second-order valence-corrected chi connectivity index (χ2v) is 5.99. The van der Waals surface area contributed by atoms with Crippen molar-refractivity contribution in [2.45, 2.75) is 0 Å². The predicted octanol–water partition coefficient (Wildman–Crippen LogP) is 3.85. The molecule has 27 heavy (non-hydrogen) atoms. The molecule has 4 aromatic rings. The number of furan rings is 1. The Kier molecular flexibility index (Phi) is 4.14. The van der Waals surface area contributed by atoms with Crippen LogP contribution < -0.4 is 11.1 Å². The number of fused-ring (bicyclic) bond motifs is 1. The van der Waals surface area contributed by atoms with Gasteiger partial charge < -0.3 is 15.5 Å². The second-order valence-electron chi connectivity index (χ2n) is 5.99. The normalized spacial score (nSPS) is 10.7. The van der Waals surface area contributed by atoms with Gasteiger partial charge >= 0.3 is 0 Å². The number of aromatic nitrogens is 1. The molecule has 2 heterocycles. The van der Waals surface area contributed by atoms with E-state index in [-0.39, 0.29) is 11.3 Å². The second kappa shape index (κ2) is 6.76. The summed E-state index contributed by atoms with van der Waals surface area (Å²) in [5.74, 6) is -0.802. The average molecular weight is 357 g/mol. The van der Waals surface area contributed by atoms with Crippen molar-refractivity contribution in [3.05, 3.63) is 84.3 Å². The van der Waals surface area contributed by atoms with Gasteiger partial charge in [0.2, 0.25) is 0 Å². The Balaban J connectivity index is 1.59. The fourth-order valence-corrected chi connectivity index (χ4v) is 2.78. The van der Waals surface area contributed by atoms with Crippen molar-refractivity contribution < 1.29 is 14.0 Å². The van der Waals surface area contributed by atoms with E-state index in [4.69, 9.17) is 10.2 Å². The van der Waals surface area contributed by atoms with Crippen LogP contribution in [0.3, 0.4) is 0 Å². The summed E-state index contributed by atoms with van der Waals surface area (Å²) >= 11 is 0.